The van der Waals surface area contributed by atoms with Gasteiger partial charge >= 0.3 is 0 Å². The summed E-state index contributed by atoms with van der Waals surface area (Å²) >= 11 is 0. The molecule has 4 nitrogen and oxygen atoms in total. The number of hydrogen-bond acceptors (Lipinski definition) is 2. The first-order chi connectivity index (χ1) is 11.1. The van der Waals surface area contributed by atoms with Gasteiger partial charge < -0.3 is 10.2 Å². The summed E-state index contributed by atoms with van der Waals surface area (Å²) < 4.78 is 0. The number of rotatable bonds is 5. The molecule has 0 saturated carbocycles. The molecule has 4 heteroatoms. The molecule has 124 valence electrons. The zero-order chi connectivity index (χ0) is 16.8. The third kappa shape index (κ3) is 4.21. The fraction of sp³-hybridized carbons (Fsp3) is 0.474. The molecule has 1 aliphatic carbocycles. The summed E-state index contributed by atoms with van der Waals surface area (Å²) in [6.07, 6.45) is 5.28. The Morgan fingerprint density at radius 2 is 1.78 bits per heavy atom. The lowest BCUT2D eigenvalue weighted by atomic mass is 9.81. The highest BCUT2D eigenvalue weighted by molar-refractivity contribution is 5.96. The van der Waals surface area contributed by atoms with Crippen LogP contribution in [0.4, 0.5) is 5.69 Å². The van der Waals surface area contributed by atoms with Crippen molar-refractivity contribution in [3.05, 3.63) is 42.0 Å². The lowest BCUT2D eigenvalue weighted by Gasteiger charge is -2.31. The van der Waals surface area contributed by atoms with Crippen LogP contribution in [0.15, 0.2) is 36.4 Å². The number of carbonyl (C=O) groups is 2. The second-order valence-electron chi connectivity index (χ2n) is 6.03. The van der Waals surface area contributed by atoms with Gasteiger partial charge in [0.1, 0.15) is 0 Å². The van der Waals surface area contributed by atoms with Crippen LogP contribution >= 0.6 is 0 Å². The number of hydrogen-bond donors (Lipinski definition) is 1. The topological polar surface area (TPSA) is 49.4 Å². The van der Waals surface area contributed by atoms with Gasteiger partial charge in [0.25, 0.3) is 0 Å². The lowest BCUT2D eigenvalue weighted by molar-refractivity contribution is -0.140. The van der Waals surface area contributed by atoms with Gasteiger partial charge in [0, 0.05) is 18.8 Å². The van der Waals surface area contributed by atoms with Crippen molar-refractivity contribution < 1.29 is 9.59 Å². The van der Waals surface area contributed by atoms with Gasteiger partial charge in [-0.3, -0.25) is 9.59 Å². The maximum absolute atomic E-state index is 12.7. The van der Waals surface area contributed by atoms with Crippen LogP contribution < -0.4 is 5.32 Å². The van der Waals surface area contributed by atoms with Crippen molar-refractivity contribution in [1.82, 2.24) is 4.90 Å². The van der Waals surface area contributed by atoms with E-state index in [1.807, 2.05) is 62.1 Å². The molecule has 0 radical (unpaired) electrons. The van der Waals surface area contributed by atoms with E-state index in [1.165, 1.54) is 0 Å². The van der Waals surface area contributed by atoms with E-state index in [2.05, 4.69) is 5.32 Å². The fourth-order valence-electron chi connectivity index (χ4n) is 3.10. The van der Waals surface area contributed by atoms with Crippen molar-refractivity contribution >= 4 is 17.5 Å². The number of nitrogens with zero attached hydrogens (tertiary/aromatic N) is 1. The first-order valence-electron chi connectivity index (χ1n) is 8.38. The van der Waals surface area contributed by atoms with Gasteiger partial charge in [0.15, 0.2) is 0 Å². The Kier molecular flexibility index (Phi) is 5.97. The minimum Gasteiger partial charge on any atom is -0.343 e. The van der Waals surface area contributed by atoms with E-state index in [0.29, 0.717) is 25.9 Å². The second-order valence-corrected chi connectivity index (χ2v) is 6.03. The Hall–Kier alpha value is -2.10. The molecule has 0 bridgehead atoms. The number of amides is 2. The number of anilines is 1. The minimum absolute atomic E-state index is 0.0644. The van der Waals surface area contributed by atoms with Crippen LogP contribution in [0.2, 0.25) is 0 Å². The van der Waals surface area contributed by atoms with E-state index < -0.39 is 0 Å². The van der Waals surface area contributed by atoms with Gasteiger partial charge in [-0.05, 0) is 51.3 Å². The fourth-order valence-corrected chi connectivity index (χ4v) is 3.10. The number of carbonyl (C=O) groups excluding carboxylic acids is 2. The third-order valence-electron chi connectivity index (χ3n) is 4.45. The molecule has 0 saturated heterocycles. The Balaban J connectivity index is 2.13. The largest absolute Gasteiger partial charge is 0.343 e. The van der Waals surface area contributed by atoms with E-state index in [-0.39, 0.29) is 23.7 Å². The predicted octanol–water partition coefficient (Wildman–Crippen LogP) is 3.38. The van der Waals surface area contributed by atoms with Crippen molar-refractivity contribution in [2.24, 2.45) is 11.8 Å². The summed E-state index contributed by atoms with van der Waals surface area (Å²) in [5, 5.41) is 2.97. The average Bonchev–Trinajstić information content (AvgIpc) is 2.56. The van der Waals surface area contributed by atoms with E-state index >= 15 is 0 Å². The predicted molar refractivity (Wildman–Crippen MR) is 93.1 cm³/mol. The number of benzene rings is 1. The molecule has 0 fully saturated rings. The molecule has 2 amide bonds. The van der Waals surface area contributed by atoms with Crippen LogP contribution in [0.3, 0.4) is 0 Å². The standard InChI is InChI=1S/C19H26N2O2/c1-4-21(5-2)19(23)17-12-7-6-11-16(17)18(22)20-15-10-8-9-14(3)13-15/h6-10,13,16-17H,4-5,11-12H2,1-3H3,(H,20,22). The van der Waals surface area contributed by atoms with Gasteiger partial charge in [-0.15, -0.1) is 0 Å². The van der Waals surface area contributed by atoms with E-state index in [0.717, 1.165) is 11.3 Å². The van der Waals surface area contributed by atoms with Crippen LogP contribution in [-0.2, 0) is 9.59 Å². The van der Waals surface area contributed by atoms with Gasteiger partial charge in [0.2, 0.25) is 11.8 Å². The van der Waals surface area contributed by atoms with Crippen LogP contribution in [0.25, 0.3) is 0 Å². The summed E-state index contributed by atoms with van der Waals surface area (Å²) in [7, 11) is 0. The summed E-state index contributed by atoms with van der Waals surface area (Å²) in [6, 6.07) is 7.73. The van der Waals surface area contributed by atoms with Crippen molar-refractivity contribution in [2.45, 2.75) is 33.6 Å². The molecular weight excluding hydrogens is 288 g/mol. The van der Waals surface area contributed by atoms with Gasteiger partial charge in [0.05, 0.1) is 11.8 Å². The van der Waals surface area contributed by atoms with Crippen LogP contribution in [0.5, 0.6) is 0 Å². The van der Waals surface area contributed by atoms with Gasteiger partial charge in [-0.25, -0.2) is 0 Å². The average molecular weight is 314 g/mol. The first-order valence-corrected chi connectivity index (χ1v) is 8.38. The molecule has 0 heterocycles. The third-order valence-corrected chi connectivity index (χ3v) is 4.45. The highest BCUT2D eigenvalue weighted by Crippen LogP contribution is 2.29. The Morgan fingerprint density at radius 3 is 2.39 bits per heavy atom. The number of nitrogens with one attached hydrogen (secondary N) is 1. The molecule has 1 aromatic carbocycles. The van der Waals surface area contributed by atoms with E-state index in [9.17, 15) is 9.59 Å². The summed E-state index contributed by atoms with van der Waals surface area (Å²) in [5.41, 5.74) is 1.89. The second kappa shape index (κ2) is 7.95. The van der Waals surface area contributed by atoms with Crippen molar-refractivity contribution in [1.29, 1.82) is 0 Å². The molecule has 1 aliphatic rings. The van der Waals surface area contributed by atoms with Crippen LogP contribution in [0, 0.1) is 18.8 Å². The molecule has 2 rings (SSSR count). The molecule has 0 spiro atoms. The Morgan fingerprint density at radius 1 is 1.13 bits per heavy atom. The quantitative estimate of drug-likeness (QED) is 0.847. The Bertz CT molecular complexity index is 591. The molecule has 23 heavy (non-hydrogen) atoms. The normalized spacial score (nSPS) is 20.1. The summed E-state index contributed by atoms with van der Waals surface area (Å²) in [4.78, 5) is 27.2. The van der Waals surface area contributed by atoms with Crippen molar-refractivity contribution in [3.8, 4) is 0 Å². The van der Waals surface area contributed by atoms with Crippen LogP contribution in [0.1, 0.15) is 32.3 Å². The zero-order valence-electron chi connectivity index (χ0n) is 14.2. The Labute approximate surface area is 138 Å². The first kappa shape index (κ1) is 17.3. The van der Waals surface area contributed by atoms with Crippen LogP contribution in [-0.4, -0.2) is 29.8 Å². The van der Waals surface area contributed by atoms with Crippen molar-refractivity contribution in [2.75, 3.05) is 18.4 Å². The molecule has 1 aromatic rings. The summed E-state index contributed by atoms with van der Waals surface area (Å²) in [5.74, 6) is -0.535. The van der Waals surface area contributed by atoms with Crippen molar-refractivity contribution in [3.63, 3.8) is 0 Å². The van der Waals surface area contributed by atoms with E-state index in [4.69, 9.17) is 0 Å². The lowest BCUT2D eigenvalue weighted by Crippen LogP contribution is -2.43. The SMILES string of the molecule is CCN(CC)C(=O)C1CC=CCC1C(=O)Nc1cccc(C)c1. The molecule has 2 atom stereocenters. The molecule has 1 N–H and O–H groups in total. The highest BCUT2D eigenvalue weighted by atomic mass is 16.2. The minimum atomic E-state index is -0.298. The van der Waals surface area contributed by atoms with E-state index in [1.54, 1.807) is 0 Å². The highest BCUT2D eigenvalue weighted by Gasteiger charge is 2.35. The molecule has 0 aliphatic heterocycles. The molecule has 2 unspecified atom stereocenters. The smallest absolute Gasteiger partial charge is 0.228 e. The molecule has 0 aromatic heterocycles. The summed E-state index contributed by atoms with van der Waals surface area (Å²) in [6.45, 7) is 7.30. The molecular formula is C19H26N2O2. The number of aryl methyl sites for hydroxylation is 1. The maximum Gasteiger partial charge on any atom is 0.228 e. The van der Waals surface area contributed by atoms with Gasteiger partial charge in [-0.2, -0.15) is 0 Å². The monoisotopic (exact) mass is 314 g/mol. The zero-order valence-corrected chi connectivity index (χ0v) is 14.2. The van der Waals surface area contributed by atoms with Gasteiger partial charge in [-0.1, -0.05) is 24.3 Å². The number of allylic oxidation sites excluding steroid dienone is 2. The maximum atomic E-state index is 12.7.